The van der Waals surface area contributed by atoms with Crippen LogP contribution in [0.1, 0.15) is 239 Å². The van der Waals surface area contributed by atoms with Crippen molar-refractivity contribution in [2.75, 3.05) is 6.61 Å². The molecular weight excluding hydrogens is 655 g/mol. The van der Waals surface area contributed by atoms with E-state index in [1.165, 1.54) is 180 Å². The monoisotopic (exact) mass is 746 g/mol. The smallest absolute Gasteiger partial charge is 0.222 e. The molecule has 1 amide bonds. The zero-order valence-electron chi connectivity index (χ0n) is 35.4. The van der Waals surface area contributed by atoms with E-state index in [9.17, 15) is 20.1 Å². The Morgan fingerprint density at radius 2 is 0.849 bits per heavy atom. The maximum absolute atomic E-state index is 12.4. The Morgan fingerprint density at radius 1 is 0.491 bits per heavy atom. The van der Waals surface area contributed by atoms with Crippen molar-refractivity contribution in [2.24, 2.45) is 0 Å². The van der Waals surface area contributed by atoms with Crippen molar-refractivity contribution in [3.8, 4) is 0 Å². The van der Waals surface area contributed by atoms with Crippen LogP contribution in [0.3, 0.4) is 0 Å². The predicted molar refractivity (Wildman–Crippen MR) is 231 cm³/mol. The molecule has 0 aromatic carbocycles. The van der Waals surface area contributed by atoms with Gasteiger partial charge in [-0.25, -0.2) is 0 Å². The van der Waals surface area contributed by atoms with Gasteiger partial charge in [0.25, 0.3) is 0 Å². The van der Waals surface area contributed by atoms with Crippen molar-refractivity contribution in [2.45, 2.75) is 257 Å². The highest BCUT2D eigenvalue weighted by Gasteiger charge is 2.20. The summed E-state index contributed by atoms with van der Waals surface area (Å²) in [5.74, 6) is -0.318. The molecule has 0 bridgehead atoms. The molecule has 4 N–H and O–H groups in total. The van der Waals surface area contributed by atoms with E-state index in [1.807, 2.05) is 6.08 Å². The van der Waals surface area contributed by atoms with Crippen LogP contribution < -0.4 is 5.32 Å². The van der Waals surface area contributed by atoms with Crippen LogP contribution in [0, 0.1) is 0 Å². The van der Waals surface area contributed by atoms with Gasteiger partial charge in [0.05, 0.1) is 31.3 Å². The summed E-state index contributed by atoms with van der Waals surface area (Å²) in [6, 6.07) is -0.741. The molecular formula is C48H91NO4. The number of hydrogen-bond acceptors (Lipinski definition) is 4. The van der Waals surface area contributed by atoms with Gasteiger partial charge in [-0.2, -0.15) is 0 Å². The van der Waals surface area contributed by atoms with Gasteiger partial charge in [-0.15, -0.1) is 0 Å². The highest BCUT2D eigenvalue weighted by Crippen LogP contribution is 2.15. The number of unbranched alkanes of at least 4 members (excludes halogenated alkanes) is 29. The van der Waals surface area contributed by atoms with Crippen molar-refractivity contribution >= 4 is 5.91 Å². The summed E-state index contributed by atoms with van der Waals surface area (Å²) in [5.41, 5.74) is 0. The van der Waals surface area contributed by atoms with Gasteiger partial charge in [-0.1, -0.05) is 217 Å². The van der Waals surface area contributed by atoms with Crippen molar-refractivity contribution < 1.29 is 20.1 Å². The standard InChI is InChI=1S/C48H91NO4/c1-3-5-7-9-11-13-14-15-16-17-18-19-20-21-22-23-24-25-26-27-28-29-30-31-32-34-35-37-39-41-45(51)43-48(53)49-46(44-50)47(52)42-40-38-36-33-12-10-8-6-4-2/h18-19,21-22,40,42,45-47,50-52H,3-17,20,23-39,41,43-44H2,1-2H3,(H,49,53)/b19-18-,22-21-,42-40+. The number of aliphatic hydroxyl groups is 3. The van der Waals surface area contributed by atoms with Crippen LogP contribution in [-0.4, -0.2) is 46.1 Å². The molecule has 5 heteroatoms. The van der Waals surface area contributed by atoms with E-state index in [4.69, 9.17) is 0 Å². The first kappa shape index (κ1) is 51.6. The van der Waals surface area contributed by atoms with Gasteiger partial charge in [-0.05, 0) is 51.4 Å². The van der Waals surface area contributed by atoms with Gasteiger partial charge < -0.3 is 20.6 Å². The fourth-order valence-electron chi connectivity index (χ4n) is 7.08. The molecule has 5 nitrogen and oxygen atoms in total. The molecule has 312 valence electrons. The van der Waals surface area contributed by atoms with Gasteiger partial charge in [-0.3, -0.25) is 4.79 Å². The molecule has 0 radical (unpaired) electrons. The zero-order valence-corrected chi connectivity index (χ0v) is 35.4. The number of rotatable bonds is 42. The number of amides is 1. The van der Waals surface area contributed by atoms with E-state index in [2.05, 4.69) is 43.5 Å². The Bertz CT molecular complexity index is 824. The Balaban J connectivity index is 3.53. The Hall–Kier alpha value is -1.43. The number of nitrogens with one attached hydrogen (secondary N) is 1. The molecule has 0 spiro atoms. The molecule has 0 aromatic heterocycles. The van der Waals surface area contributed by atoms with E-state index in [1.54, 1.807) is 6.08 Å². The second-order valence-corrected chi connectivity index (χ2v) is 16.0. The summed E-state index contributed by atoms with van der Waals surface area (Å²) in [6.07, 6.45) is 54.6. The van der Waals surface area contributed by atoms with Gasteiger partial charge in [0.2, 0.25) is 5.91 Å². The molecule has 0 saturated heterocycles. The third kappa shape index (κ3) is 40.1. The lowest BCUT2D eigenvalue weighted by molar-refractivity contribution is -0.124. The third-order valence-electron chi connectivity index (χ3n) is 10.7. The van der Waals surface area contributed by atoms with Crippen LogP contribution in [0.25, 0.3) is 0 Å². The predicted octanol–water partition coefficient (Wildman–Crippen LogP) is 13.5. The Morgan fingerprint density at radius 3 is 1.25 bits per heavy atom. The molecule has 0 heterocycles. The summed E-state index contributed by atoms with van der Waals surface area (Å²) >= 11 is 0. The second kappa shape index (κ2) is 43.3. The SMILES string of the molecule is CCCCCCCCC/C=C/C(O)C(CO)NC(=O)CC(O)CCCCCCCCCCCCCCC/C=C\C/C=C\CCCCCCCCCCC. The van der Waals surface area contributed by atoms with Gasteiger partial charge in [0.1, 0.15) is 0 Å². The van der Waals surface area contributed by atoms with Crippen molar-refractivity contribution in [1.29, 1.82) is 0 Å². The summed E-state index contributed by atoms with van der Waals surface area (Å²) in [7, 11) is 0. The molecule has 3 unspecified atom stereocenters. The van der Waals surface area contributed by atoms with Gasteiger partial charge in [0.15, 0.2) is 0 Å². The fraction of sp³-hybridized carbons (Fsp3) is 0.854. The van der Waals surface area contributed by atoms with Crippen LogP contribution in [0.2, 0.25) is 0 Å². The Labute approximate surface area is 330 Å². The average Bonchev–Trinajstić information content (AvgIpc) is 3.15. The summed E-state index contributed by atoms with van der Waals surface area (Å²) in [6.45, 7) is 4.18. The first-order valence-electron chi connectivity index (χ1n) is 23.3. The van der Waals surface area contributed by atoms with Crippen molar-refractivity contribution in [3.05, 3.63) is 36.5 Å². The topological polar surface area (TPSA) is 89.8 Å². The highest BCUT2D eigenvalue weighted by molar-refractivity contribution is 5.76. The largest absolute Gasteiger partial charge is 0.394 e. The number of hydrogen-bond donors (Lipinski definition) is 4. The maximum atomic E-state index is 12.4. The van der Waals surface area contributed by atoms with Gasteiger partial charge >= 0.3 is 0 Å². The molecule has 0 aromatic rings. The van der Waals surface area contributed by atoms with Crippen LogP contribution in [-0.2, 0) is 4.79 Å². The van der Waals surface area contributed by atoms with E-state index >= 15 is 0 Å². The van der Waals surface area contributed by atoms with Crippen LogP contribution in [0.5, 0.6) is 0 Å². The normalized spacial score (nSPS) is 13.8. The quantitative estimate of drug-likeness (QED) is 0.0370. The van der Waals surface area contributed by atoms with E-state index in [-0.39, 0.29) is 18.9 Å². The second-order valence-electron chi connectivity index (χ2n) is 16.0. The fourth-order valence-corrected chi connectivity index (χ4v) is 7.08. The molecule has 0 aliphatic carbocycles. The number of allylic oxidation sites excluding steroid dienone is 5. The summed E-state index contributed by atoms with van der Waals surface area (Å²) in [5, 5.41) is 33.1. The number of carbonyl (C=O) groups is 1. The van der Waals surface area contributed by atoms with Gasteiger partial charge in [0, 0.05) is 0 Å². The minimum absolute atomic E-state index is 0.0133. The third-order valence-corrected chi connectivity index (χ3v) is 10.7. The molecule has 0 aliphatic rings. The first-order chi connectivity index (χ1) is 26.0. The molecule has 0 saturated carbocycles. The van der Waals surface area contributed by atoms with E-state index in [0.717, 1.165) is 32.1 Å². The molecule has 0 aliphatic heterocycles. The zero-order chi connectivity index (χ0) is 38.7. The van der Waals surface area contributed by atoms with Crippen LogP contribution in [0.4, 0.5) is 0 Å². The molecule has 0 rings (SSSR count). The average molecular weight is 746 g/mol. The minimum atomic E-state index is -0.926. The van der Waals surface area contributed by atoms with Crippen LogP contribution >= 0.6 is 0 Å². The molecule has 53 heavy (non-hydrogen) atoms. The van der Waals surface area contributed by atoms with E-state index in [0.29, 0.717) is 6.42 Å². The Kier molecular flexibility index (Phi) is 42.1. The molecule has 3 atom stereocenters. The highest BCUT2D eigenvalue weighted by atomic mass is 16.3. The van der Waals surface area contributed by atoms with Crippen molar-refractivity contribution in [1.82, 2.24) is 5.32 Å². The summed E-state index contributed by atoms with van der Waals surface area (Å²) in [4.78, 5) is 12.4. The maximum Gasteiger partial charge on any atom is 0.222 e. The van der Waals surface area contributed by atoms with E-state index < -0.39 is 18.2 Å². The minimum Gasteiger partial charge on any atom is -0.394 e. The van der Waals surface area contributed by atoms with Crippen molar-refractivity contribution in [3.63, 3.8) is 0 Å². The number of carbonyl (C=O) groups excluding carboxylic acids is 1. The molecule has 0 fully saturated rings. The lowest BCUT2D eigenvalue weighted by atomic mass is 10.0. The number of aliphatic hydroxyl groups excluding tert-OH is 3. The summed E-state index contributed by atoms with van der Waals surface area (Å²) < 4.78 is 0. The van der Waals surface area contributed by atoms with Crippen LogP contribution in [0.15, 0.2) is 36.5 Å². The first-order valence-corrected chi connectivity index (χ1v) is 23.3. The lowest BCUT2D eigenvalue weighted by Crippen LogP contribution is -2.45. The lowest BCUT2D eigenvalue weighted by Gasteiger charge is -2.21.